The molecule has 5 rings (SSSR count). The average Bonchev–Trinajstić information content (AvgIpc) is 2.75. The lowest BCUT2D eigenvalue weighted by atomic mass is 10.1. The smallest absolute Gasteiger partial charge is 0.0691 e. The number of fused-ring (bicyclic) bond motifs is 2. The quantitative estimate of drug-likeness (QED) is 0.349. The van der Waals surface area contributed by atoms with Crippen molar-refractivity contribution in [1.29, 1.82) is 0 Å². The summed E-state index contributed by atoms with van der Waals surface area (Å²) in [5.41, 5.74) is 10.3. The highest BCUT2D eigenvalue weighted by molar-refractivity contribution is 5.94. The molecule has 0 radical (unpaired) electrons. The van der Waals surface area contributed by atoms with Gasteiger partial charge in [0.25, 0.3) is 0 Å². The first-order valence-electron chi connectivity index (χ1n) is 9.42. The third kappa shape index (κ3) is 2.85. The highest BCUT2D eigenvalue weighted by Gasteiger charge is 2.15. The predicted molar refractivity (Wildman–Crippen MR) is 121 cm³/mol. The Morgan fingerprint density at radius 2 is 0.929 bits per heavy atom. The van der Waals surface area contributed by atoms with E-state index in [9.17, 15) is 0 Å². The van der Waals surface area contributed by atoms with Crippen molar-refractivity contribution in [3.63, 3.8) is 0 Å². The maximum atomic E-state index is 6.38. The zero-order chi connectivity index (χ0) is 18.9. The number of nitrogens with zero attached hydrogens (tertiary/aromatic N) is 1. The Balaban J connectivity index is 1.75. The van der Waals surface area contributed by atoms with E-state index in [4.69, 9.17) is 5.73 Å². The minimum Gasteiger partial charge on any atom is -0.397 e. The second-order valence-corrected chi connectivity index (χ2v) is 6.96. The third-order valence-corrected chi connectivity index (χ3v) is 5.16. The summed E-state index contributed by atoms with van der Waals surface area (Å²) in [7, 11) is 0. The molecule has 2 nitrogen and oxygen atoms in total. The van der Waals surface area contributed by atoms with Crippen LogP contribution in [0.5, 0.6) is 0 Å². The van der Waals surface area contributed by atoms with Crippen LogP contribution < -0.4 is 10.6 Å². The molecule has 0 saturated carbocycles. The van der Waals surface area contributed by atoms with Gasteiger partial charge in [-0.2, -0.15) is 0 Å². The molecule has 0 aliphatic carbocycles. The minimum atomic E-state index is 0.754. The molecule has 5 aromatic carbocycles. The summed E-state index contributed by atoms with van der Waals surface area (Å²) >= 11 is 0. The predicted octanol–water partition coefficient (Wildman–Crippen LogP) is 7.05. The second kappa shape index (κ2) is 6.75. The number of hydrogen-bond donors (Lipinski definition) is 1. The van der Waals surface area contributed by atoms with Crippen molar-refractivity contribution in [2.75, 3.05) is 10.6 Å². The normalized spacial score (nSPS) is 11.0. The molecule has 0 aliphatic rings. The Morgan fingerprint density at radius 3 is 1.46 bits per heavy atom. The van der Waals surface area contributed by atoms with Crippen molar-refractivity contribution in [3.8, 4) is 0 Å². The number of anilines is 4. The van der Waals surface area contributed by atoms with Crippen molar-refractivity contribution in [3.05, 3.63) is 109 Å². The first kappa shape index (κ1) is 16.4. The van der Waals surface area contributed by atoms with E-state index in [1.807, 2.05) is 18.2 Å². The summed E-state index contributed by atoms with van der Waals surface area (Å²) in [6, 6.07) is 37.9. The summed E-state index contributed by atoms with van der Waals surface area (Å²) in [6.45, 7) is 0. The van der Waals surface area contributed by atoms with Crippen molar-refractivity contribution in [2.24, 2.45) is 0 Å². The molecule has 0 amide bonds. The Hall–Kier alpha value is -3.78. The molecule has 0 fully saturated rings. The van der Waals surface area contributed by atoms with Crippen LogP contribution >= 0.6 is 0 Å². The van der Waals surface area contributed by atoms with Crippen LogP contribution in [0.4, 0.5) is 22.7 Å². The third-order valence-electron chi connectivity index (χ3n) is 5.16. The number of benzene rings is 5. The van der Waals surface area contributed by atoms with Gasteiger partial charge in [-0.15, -0.1) is 0 Å². The lowest BCUT2D eigenvalue weighted by Gasteiger charge is -2.27. The van der Waals surface area contributed by atoms with Gasteiger partial charge in [0.05, 0.1) is 11.4 Å². The molecule has 0 heterocycles. The van der Waals surface area contributed by atoms with Crippen molar-refractivity contribution in [1.82, 2.24) is 0 Å². The van der Waals surface area contributed by atoms with Gasteiger partial charge in [0.15, 0.2) is 0 Å². The van der Waals surface area contributed by atoms with Crippen LogP contribution in [0.2, 0.25) is 0 Å². The lowest BCUT2D eigenvalue weighted by Crippen LogP contribution is -2.11. The molecule has 2 N–H and O–H groups in total. The summed E-state index contributed by atoms with van der Waals surface area (Å²) in [4.78, 5) is 2.23. The van der Waals surface area contributed by atoms with Gasteiger partial charge in [0.1, 0.15) is 0 Å². The largest absolute Gasteiger partial charge is 0.397 e. The van der Waals surface area contributed by atoms with Crippen LogP contribution in [0, 0.1) is 0 Å². The topological polar surface area (TPSA) is 29.3 Å². The fraction of sp³-hybridized carbons (Fsp3) is 0. The number of para-hydroxylation sites is 2. The van der Waals surface area contributed by atoms with Crippen LogP contribution in [0.15, 0.2) is 109 Å². The van der Waals surface area contributed by atoms with Gasteiger partial charge in [-0.1, -0.05) is 72.8 Å². The highest BCUT2D eigenvalue weighted by Crippen LogP contribution is 2.39. The number of hydrogen-bond acceptors (Lipinski definition) is 2. The Kier molecular flexibility index (Phi) is 3.95. The van der Waals surface area contributed by atoms with Crippen LogP contribution in [0.1, 0.15) is 0 Å². The minimum absolute atomic E-state index is 0.754. The molecule has 28 heavy (non-hydrogen) atoms. The van der Waals surface area contributed by atoms with Gasteiger partial charge in [0, 0.05) is 11.4 Å². The van der Waals surface area contributed by atoms with Crippen LogP contribution in [0.3, 0.4) is 0 Å². The molecule has 0 atom stereocenters. The van der Waals surface area contributed by atoms with Crippen LogP contribution in [-0.2, 0) is 0 Å². The Morgan fingerprint density at radius 1 is 0.464 bits per heavy atom. The summed E-state index contributed by atoms with van der Waals surface area (Å²) in [5.74, 6) is 0. The molecule has 0 spiro atoms. The summed E-state index contributed by atoms with van der Waals surface area (Å²) in [5, 5.41) is 4.87. The van der Waals surface area contributed by atoms with Crippen molar-refractivity contribution < 1.29 is 0 Å². The van der Waals surface area contributed by atoms with E-state index < -0.39 is 0 Å². The highest BCUT2D eigenvalue weighted by atomic mass is 15.1. The zero-order valence-electron chi connectivity index (χ0n) is 15.4. The Bertz CT molecular complexity index is 1210. The molecular formula is C26H20N2. The molecule has 134 valence electrons. The molecule has 0 bridgehead atoms. The van der Waals surface area contributed by atoms with E-state index in [0.717, 1.165) is 22.7 Å². The fourth-order valence-electron chi connectivity index (χ4n) is 3.75. The van der Waals surface area contributed by atoms with Gasteiger partial charge in [-0.25, -0.2) is 0 Å². The second-order valence-electron chi connectivity index (χ2n) is 6.96. The van der Waals surface area contributed by atoms with E-state index in [1.54, 1.807) is 0 Å². The van der Waals surface area contributed by atoms with E-state index in [1.165, 1.54) is 21.5 Å². The SMILES string of the molecule is Nc1ccccc1N(c1ccc2ccccc2c1)c1ccc2ccccc2c1. The first-order valence-corrected chi connectivity index (χ1v) is 9.42. The molecular weight excluding hydrogens is 340 g/mol. The van der Waals surface area contributed by atoms with E-state index in [-0.39, 0.29) is 0 Å². The number of nitrogens with two attached hydrogens (primary N) is 1. The van der Waals surface area contributed by atoms with Crippen LogP contribution in [0.25, 0.3) is 21.5 Å². The Labute approximate surface area is 164 Å². The monoisotopic (exact) mass is 360 g/mol. The molecule has 0 saturated heterocycles. The molecule has 0 aromatic heterocycles. The maximum absolute atomic E-state index is 6.38. The van der Waals surface area contributed by atoms with Crippen LogP contribution in [-0.4, -0.2) is 0 Å². The van der Waals surface area contributed by atoms with Gasteiger partial charge < -0.3 is 10.6 Å². The van der Waals surface area contributed by atoms with Crippen molar-refractivity contribution in [2.45, 2.75) is 0 Å². The standard InChI is InChI=1S/C26H20N2/c27-25-11-5-6-12-26(25)28(23-15-13-19-7-1-3-9-21(19)17-23)24-16-14-20-8-2-4-10-22(20)18-24/h1-18H,27H2. The zero-order valence-corrected chi connectivity index (χ0v) is 15.4. The lowest BCUT2D eigenvalue weighted by molar-refractivity contribution is 1.30. The van der Waals surface area contributed by atoms with Crippen molar-refractivity contribution >= 4 is 44.3 Å². The van der Waals surface area contributed by atoms with E-state index >= 15 is 0 Å². The molecule has 0 unspecified atom stereocenters. The summed E-state index contributed by atoms with van der Waals surface area (Å²) < 4.78 is 0. The van der Waals surface area contributed by atoms with Gasteiger partial charge in [-0.3, -0.25) is 0 Å². The van der Waals surface area contributed by atoms with E-state index in [0.29, 0.717) is 0 Å². The molecule has 2 heteroatoms. The van der Waals surface area contributed by atoms with Gasteiger partial charge >= 0.3 is 0 Å². The first-order chi connectivity index (χ1) is 13.8. The summed E-state index contributed by atoms with van der Waals surface area (Å²) in [6.07, 6.45) is 0. The fourth-order valence-corrected chi connectivity index (χ4v) is 3.75. The molecule has 5 aromatic rings. The molecule has 0 aliphatic heterocycles. The van der Waals surface area contributed by atoms with E-state index in [2.05, 4.69) is 95.9 Å². The number of rotatable bonds is 3. The average molecular weight is 360 g/mol. The van der Waals surface area contributed by atoms with Gasteiger partial charge in [-0.05, 0) is 57.9 Å². The van der Waals surface area contributed by atoms with Gasteiger partial charge in [0.2, 0.25) is 0 Å². The number of nitrogen functional groups attached to an aromatic ring is 1. The maximum Gasteiger partial charge on any atom is 0.0691 e.